The SMILES string of the molecule is C[C@@H]([C@H]1CC[C@H]2[C@@H]3CC=C4C[C@@H](O)CC[C@]4(C)[C@H]3CC[C@]12C)[C@H]1C[C@@H](O)C[C@@H](C)O1. The van der Waals surface area contributed by atoms with Crippen molar-refractivity contribution in [2.75, 3.05) is 0 Å². The molecule has 170 valence electrons. The van der Waals surface area contributed by atoms with E-state index < -0.39 is 0 Å². The van der Waals surface area contributed by atoms with Gasteiger partial charge in [0.1, 0.15) is 0 Å². The molecule has 1 saturated heterocycles. The van der Waals surface area contributed by atoms with Crippen molar-refractivity contribution < 1.29 is 14.9 Å². The van der Waals surface area contributed by atoms with E-state index >= 15 is 0 Å². The Bertz CT molecular complexity index is 678. The normalized spacial score (nSPS) is 54.5. The third kappa shape index (κ3) is 3.25. The first-order valence-electron chi connectivity index (χ1n) is 12.9. The molecule has 0 bridgehead atoms. The van der Waals surface area contributed by atoms with Gasteiger partial charge in [0.2, 0.25) is 0 Å². The van der Waals surface area contributed by atoms with Crippen LogP contribution >= 0.6 is 0 Å². The summed E-state index contributed by atoms with van der Waals surface area (Å²) in [5.74, 6) is 3.71. The highest BCUT2D eigenvalue weighted by Crippen LogP contribution is 2.67. The molecule has 30 heavy (non-hydrogen) atoms. The van der Waals surface area contributed by atoms with Gasteiger partial charge in [-0.2, -0.15) is 0 Å². The molecule has 0 aromatic heterocycles. The molecule has 0 amide bonds. The Morgan fingerprint density at radius 3 is 2.57 bits per heavy atom. The van der Waals surface area contributed by atoms with Gasteiger partial charge >= 0.3 is 0 Å². The molecular formula is C27H44O3. The molecule has 3 heteroatoms. The number of hydrogen-bond donors (Lipinski definition) is 2. The van der Waals surface area contributed by atoms with Gasteiger partial charge < -0.3 is 14.9 Å². The molecule has 4 aliphatic carbocycles. The summed E-state index contributed by atoms with van der Waals surface area (Å²) in [5, 5.41) is 20.6. The van der Waals surface area contributed by atoms with E-state index in [0.717, 1.165) is 49.4 Å². The largest absolute Gasteiger partial charge is 0.393 e. The van der Waals surface area contributed by atoms with Gasteiger partial charge in [0.25, 0.3) is 0 Å². The minimum atomic E-state index is -0.189. The number of ether oxygens (including phenoxy) is 1. The molecule has 0 aromatic carbocycles. The molecule has 11 atom stereocenters. The number of hydrogen-bond acceptors (Lipinski definition) is 3. The molecule has 1 heterocycles. The summed E-state index contributed by atoms with van der Waals surface area (Å²) in [5.41, 5.74) is 2.33. The molecule has 0 unspecified atom stereocenters. The molecule has 3 saturated carbocycles. The van der Waals surface area contributed by atoms with Crippen molar-refractivity contribution in [2.45, 2.75) is 116 Å². The van der Waals surface area contributed by atoms with E-state index in [1.807, 2.05) is 0 Å². The molecule has 3 nitrogen and oxygen atoms in total. The molecule has 0 spiro atoms. The Morgan fingerprint density at radius 1 is 1.00 bits per heavy atom. The zero-order chi connectivity index (χ0) is 21.3. The number of aliphatic hydroxyl groups is 2. The first-order chi connectivity index (χ1) is 14.2. The highest BCUT2D eigenvalue weighted by Gasteiger charge is 2.59. The summed E-state index contributed by atoms with van der Waals surface area (Å²) in [6, 6.07) is 0. The van der Waals surface area contributed by atoms with E-state index in [1.165, 1.54) is 38.5 Å². The number of aliphatic hydroxyl groups excluding tert-OH is 2. The topological polar surface area (TPSA) is 49.7 Å². The average Bonchev–Trinajstić information content (AvgIpc) is 3.04. The minimum absolute atomic E-state index is 0.111. The summed E-state index contributed by atoms with van der Waals surface area (Å²) in [4.78, 5) is 0. The highest BCUT2D eigenvalue weighted by atomic mass is 16.5. The van der Waals surface area contributed by atoms with Crippen LogP contribution in [0.4, 0.5) is 0 Å². The summed E-state index contributed by atoms with van der Waals surface area (Å²) in [6.07, 6.45) is 14.0. The van der Waals surface area contributed by atoms with E-state index in [-0.39, 0.29) is 24.4 Å². The van der Waals surface area contributed by atoms with Crippen LogP contribution in [0.15, 0.2) is 11.6 Å². The third-order valence-electron chi connectivity index (χ3n) is 10.9. The van der Waals surface area contributed by atoms with Gasteiger partial charge in [-0.1, -0.05) is 32.4 Å². The summed E-state index contributed by atoms with van der Waals surface area (Å²) >= 11 is 0. The Hall–Kier alpha value is -0.380. The van der Waals surface area contributed by atoms with Crippen molar-refractivity contribution in [3.8, 4) is 0 Å². The number of allylic oxidation sites excluding steroid dienone is 1. The van der Waals surface area contributed by atoms with Gasteiger partial charge in [0.05, 0.1) is 24.4 Å². The maximum atomic E-state index is 10.3. The Morgan fingerprint density at radius 2 is 1.80 bits per heavy atom. The van der Waals surface area contributed by atoms with Crippen molar-refractivity contribution in [1.82, 2.24) is 0 Å². The molecular weight excluding hydrogens is 372 g/mol. The van der Waals surface area contributed by atoms with Gasteiger partial charge in [-0.3, -0.25) is 0 Å². The predicted molar refractivity (Wildman–Crippen MR) is 120 cm³/mol. The second-order valence-corrected chi connectivity index (χ2v) is 12.4. The molecule has 5 rings (SSSR count). The number of rotatable bonds is 2. The van der Waals surface area contributed by atoms with Crippen molar-refractivity contribution in [2.24, 2.45) is 40.4 Å². The van der Waals surface area contributed by atoms with E-state index in [4.69, 9.17) is 4.74 Å². The highest BCUT2D eigenvalue weighted by molar-refractivity contribution is 5.25. The van der Waals surface area contributed by atoms with Crippen LogP contribution < -0.4 is 0 Å². The lowest BCUT2D eigenvalue weighted by atomic mass is 9.47. The van der Waals surface area contributed by atoms with Crippen LogP contribution in [0.3, 0.4) is 0 Å². The van der Waals surface area contributed by atoms with Gasteiger partial charge in [-0.25, -0.2) is 0 Å². The standard InChI is InChI=1S/C27H44O3/c1-16-13-20(29)15-25(30-16)17(2)22-7-8-23-21-6-5-18-14-19(28)9-11-26(18,3)24(21)10-12-27(22,23)4/h5,16-17,19-25,28-29H,6-15H2,1-4H3/t16-,17+,19+,20+,21+,22-,23+,24+,25-,26+,27-/m1/s1. The molecule has 1 aliphatic heterocycles. The molecule has 5 aliphatic rings. The summed E-state index contributed by atoms with van der Waals surface area (Å²) in [6.45, 7) is 9.68. The van der Waals surface area contributed by atoms with Crippen LogP contribution in [0, 0.1) is 40.4 Å². The van der Waals surface area contributed by atoms with Crippen LogP contribution in [0.1, 0.15) is 91.9 Å². The fourth-order valence-electron chi connectivity index (χ4n) is 9.30. The van der Waals surface area contributed by atoms with Gasteiger partial charge in [-0.15, -0.1) is 0 Å². The van der Waals surface area contributed by atoms with Crippen LogP contribution in [0.25, 0.3) is 0 Å². The zero-order valence-corrected chi connectivity index (χ0v) is 19.6. The fourth-order valence-corrected chi connectivity index (χ4v) is 9.30. The third-order valence-corrected chi connectivity index (χ3v) is 10.9. The van der Waals surface area contributed by atoms with E-state index in [9.17, 15) is 10.2 Å². The maximum absolute atomic E-state index is 10.3. The minimum Gasteiger partial charge on any atom is -0.393 e. The van der Waals surface area contributed by atoms with Gasteiger partial charge in [0.15, 0.2) is 0 Å². The lowest BCUT2D eigenvalue weighted by molar-refractivity contribution is -0.131. The quantitative estimate of drug-likeness (QED) is 0.585. The summed E-state index contributed by atoms with van der Waals surface area (Å²) < 4.78 is 6.37. The predicted octanol–water partition coefficient (Wildman–Crippen LogP) is 5.49. The van der Waals surface area contributed by atoms with Gasteiger partial charge in [-0.05, 0) is 112 Å². The van der Waals surface area contributed by atoms with E-state index in [2.05, 4.69) is 33.8 Å². The number of fused-ring (bicyclic) bond motifs is 5. The Balaban J connectivity index is 1.36. The van der Waals surface area contributed by atoms with Crippen molar-refractivity contribution in [1.29, 1.82) is 0 Å². The van der Waals surface area contributed by atoms with Crippen molar-refractivity contribution in [3.63, 3.8) is 0 Å². The first-order valence-corrected chi connectivity index (χ1v) is 12.9. The molecule has 0 aromatic rings. The molecule has 2 N–H and O–H groups in total. The second-order valence-electron chi connectivity index (χ2n) is 12.4. The zero-order valence-electron chi connectivity index (χ0n) is 19.6. The van der Waals surface area contributed by atoms with Crippen molar-refractivity contribution >= 4 is 0 Å². The smallest absolute Gasteiger partial charge is 0.0631 e. The monoisotopic (exact) mass is 416 g/mol. The van der Waals surface area contributed by atoms with Crippen LogP contribution in [0.2, 0.25) is 0 Å². The molecule has 4 fully saturated rings. The maximum Gasteiger partial charge on any atom is 0.0631 e. The lowest BCUT2D eigenvalue weighted by Gasteiger charge is -2.58. The Labute approximate surface area is 183 Å². The van der Waals surface area contributed by atoms with Crippen LogP contribution in [0.5, 0.6) is 0 Å². The van der Waals surface area contributed by atoms with Crippen molar-refractivity contribution in [3.05, 3.63) is 11.6 Å². The second kappa shape index (κ2) is 7.59. The molecule has 0 radical (unpaired) electrons. The van der Waals surface area contributed by atoms with Gasteiger partial charge in [0, 0.05) is 0 Å². The Kier molecular flexibility index (Phi) is 5.43. The summed E-state index contributed by atoms with van der Waals surface area (Å²) in [7, 11) is 0. The fraction of sp³-hybridized carbons (Fsp3) is 0.926. The first kappa shape index (κ1) is 21.5. The average molecular weight is 417 g/mol. The van der Waals surface area contributed by atoms with E-state index in [1.54, 1.807) is 5.57 Å². The van der Waals surface area contributed by atoms with Crippen LogP contribution in [-0.4, -0.2) is 34.6 Å². The lowest BCUT2D eigenvalue weighted by Crippen LogP contribution is -2.51. The van der Waals surface area contributed by atoms with E-state index in [0.29, 0.717) is 16.7 Å². The van der Waals surface area contributed by atoms with Crippen LogP contribution in [-0.2, 0) is 4.74 Å².